The van der Waals surface area contributed by atoms with E-state index >= 15 is 0 Å². The van der Waals surface area contributed by atoms with Crippen LogP contribution in [-0.2, 0) is 6.42 Å². The lowest BCUT2D eigenvalue weighted by atomic mass is 10.1. The zero-order valence-corrected chi connectivity index (χ0v) is 13.3. The van der Waals surface area contributed by atoms with Gasteiger partial charge in [0.05, 0.1) is 6.21 Å². The first kappa shape index (κ1) is 15.2. The second kappa shape index (κ2) is 6.62. The van der Waals surface area contributed by atoms with Crippen LogP contribution < -0.4 is 5.69 Å². The molecule has 6 heteroatoms. The number of aromatic amines is 1. The zero-order valence-electron chi connectivity index (χ0n) is 12.5. The van der Waals surface area contributed by atoms with Gasteiger partial charge in [-0.3, -0.25) is 0 Å². The third kappa shape index (κ3) is 3.57. The molecule has 0 unspecified atom stereocenters. The van der Waals surface area contributed by atoms with E-state index in [1.54, 1.807) is 6.21 Å². The molecule has 23 heavy (non-hydrogen) atoms. The van der Waals surface area contributed by atoms with E-state index in [1.165, 1.54) is 10.2 Å². The number of hydrogen-bond donors (Lipinski definition) is 1. The van der Waals surface area contributed by atoms with Gasteiger partial charge in [0, 0.05) is 11.4 Å². The first-order chi connectivity index (χ1) is 11.1. The van der Waals surface area contributed by atoms with Crippen LogP contribution in [0.25, 0.3) is 0 Å². The Hall–Kier alpha value is -2.66. The van der Waals surface area contributed by atoms with E-state index in [-0.39, 0.29) is 5.69 Å². The summed E-state index contributed by atoms with van der Waals surface area (Å²) in [4.78, 5) is 11.9. The first-order valence-electron chi connectivity index (χ1n) is 7.14. The smallest absolute Gasteiger partial charge is 0.244 e. The molecular formula is C17H15ClN4O. The summed E-state index contributed by atoms with van der Waals surface area (Å²) >= 11 is 6.16. The molecule has 0 saturated carbocycles. The van der Waals surface area contributed by atoms with Gasteiger partial charge in [0.2, 0.25) is 0 Å². The van der Waals surface area contributed by atoms with Gasteiger partial charge in [-0.05, 0) is 24.1 Å². The highest BCUT2D eigenvalue weighted by Gasteiger charge is 2.10. The molecule has 1 aromatic heterocycles. The second-order valence-corrected chi connectivity index (χ2v) is 5.59. The molecule has 1 N–H and O–H groups in total. The van der Waals surface area contributed by atoms with Crippen molar-refractivity contribution in [3.8, 4) is 0 Å². The Morgan fingerprint density at radius 1 is 1.22 bits per heavy atom. The number of benzene rings is 2. The van der Waals surface area contributed by atoms with E-state index in [1.807, 2.05) is 55.5 Å². The van der Waals surface area contributed by atoms with Gasteiger partial charge in [-0.1, -0.05) is 59.6 Å². The standard InChI is InChI=1S/C17H15ClN4O/c1-12-6-8-13(9-7-12)11-19-22-16(20-21-17(22)23)10-14-4-2-3-5-15(14)18/h2-9,11H,10H2,1H3,(H,21,23)/b19-11+. The van der Waals surface area contributed by atoms with Gasteiger partial charge in [-0.15, -0.1) is 0 Å². The number of rotatable bonds is 4. The SMILES string of the molecule is Cc1ccc(/C=N/n2c(Cc3ccccc3Cl)n[nH]c2=O)cc1. The molecule has 3 rings (SSSR count). The number of halogens is 1. The van der Waals surface area contributed by atoms with Crippen LogP contribution in [0.15, 0.2) is 58.4 Å². The highest BCUT2D eigenvalue weighted by atomic mass is 35.5. The van der Waals surface area contributed by atoms with Crippen LogP contribution >= 0.6 is 11.6 Å². The Kier molecular flexibility index (Phi) is 4.39. The molecule has 0 atom stereocenters. The topological polar surface area (TPSA) is 63.0 Å². The first-order valence-corrected chi connectivity index (χ1v) is 7.52. The summed E-state index contributed by atoms with van der Waals surface area (Å²) in [7, 11) is 0. The van der Waals surface area contributed by atoms with E-state index in [0.717, 1.165) is 11.1 Å². The van der Waals surface area contributed by atoms with Gasteiger partial charge < -0.3 is 0 Å². The number of H-pyrrole nitrogens is 1. The minimum absolute atomic E-state index is 0.379. The van der Waals surface area contributed by atoms with Crippen molar-refractivity contribution < 1.29 is 0 Å². The van der Waals surface area contributed by atoms with Crippen LogP contribution in [-0.4, -0.2) is 21.1 Å². The molecule has 0 fully saturated rings. The monoisotopic (exact) mass is 326 g/mol. The molecular weight excluding hydrogens is 312 g/mol. The minimum Gasteiger partial charge on any atom is -0.244 e. The van der Waals surface area contributed by atoms with Crippen LogP contribution in [0.5, 0.6) is 0 Å². The number of aromatic nitrogens is 3. The van der Waals surface area contributed by atoms with Crippen molar-refractivity contribution in [1.29, 1.82) is 0 Å². The quantitative estimate of drug-likeness (QED) is 0.749. The summed E-state index contributed by atoms with van der Waals surface area (Å²) < 4.78 is 1.25. The van der Waals surface area contributed by atoms with Crippen LogP contribution in [0.3, 0.4) is 0 Å². The van der Waals surface area contributed by atoms with E-state index < -0.39 is 0 Å². The number of hydrogen-bond acceptors (Lipinski definition) is 3. The molecule has 0 spiro atoms. The predicted octanol–water partition coefficient (Wildman–Crippen LogP) is 3.01. The molecule has 0 aliphatic heterocycles. The molecule has 0 aliphatic carbocycles. The fourth-order valence-corrected chi connectivity index (χ4v) is 2.35. The average Bonchev–Trinajstić information content (AvgIpc) is 2.89. The third-order valence-electron chi connectivity index (χ3n) is 3.42. The summed E-state index contributed by atoms with van der Waals surface area (Å²) in [5.74, 6) is 0.506. The summed E-state index contributed by atoms with van der Waals surface area (Å²) in [6, 6.07) is 15.3. The van der Waals surface area contributed by atoms with E-state index in [9.17, 15) is 4.79 Å². The van der Waals surface area contributed by atoms with Crippen molar-refractivity contribution in [2.75, 3.05) is 0 Å². The van der Waals surface area contributed by atoms with E-state index in [4.69, 9.17) is 11.6 Å². The highest BCUT2D eigenvalue weighted by Crippen LogP contribution is 2.17. The zero-order chi connectivity index (χ0) is 16.2. The van der Waals surface area contributed by atoms with Gasteiger partial charge in [0.1, 0.15) is 0 Å². The van der Waals surface area contributed by atoms with Crippen molar-refractivity contribution >= 4 is 17.8 Å². The van der Waals surface area contributed by atoms with Gasteiger partial charge in [-0.2, -0.15) is 14.9 Å². The van der Waals surface area contributed by atoms with Crippen molar-refractivity contribution in [1.82, 2.24) is 14.9 Å². The lowest BCUT2D eigenvalue weighted by molar-refractivity contribution is 0.775. The van der Waals surface area contributed by atoms with Crippen molar-refractivity contribution in [2.45, 2.75) is 13.3 Å². The summed E-state index contributed by atoms with van der Waals surface area (Å²) in [6.45, 7) is 2.02. The Bertz CT molecular complexity index is 893. The maximum absolute atomic E-state index is 11.9. The Morgan fingerprint density at radius 2 is 1.96 bits per heavy atom. The number of aryl methyl sites for hydroxylation is 1. The summed E-state index contributed by atoms with van der Waals surface area (Å²) in [6.07, 6.45) is 2.05. The molecule has 0 aliphatic rings. The van der Waals surface area contributed by atoms with Crippen LogP contribution in [0.2, 0.25) is 5.02 Å². The van der Waals surface area contributed by atoms with Crippen molar-refractivity contribution in [3.63, 3.8) is 0 Å². The molecule has 1 heterocycles. The maximum Gasteiger partial charge on any atom is 0.364 e. The fourth-order valence-electron chi connectivity index (χ4n) is 2.15. The summed E-state index contributed by atoms with van der Waals surface area (Å²) in [5.41, 5.74) is 2.59. The van der Waals surface area contributed by atoms with Gasteiger partial charge in [-0.25, -0.2) is 9.89 Å². The molecule has 3 aromatic rings. The number of nitrogens with zero attached hydrogens (tertiary/aromatic N) is 3. The lowest BCUT2D eigenvalue weighted by Gasteiger charge is -2.03. The lowest BCUT2D eigenvalue weighted by Crippen LogP contribution is -2.15. The third-order valence-corrected chi connectivity index (χ3v) is 3.79. The van der Waals surface area contributed by atoms with Crippen molar-refractivity contribution in [3.05, 3.63) is 86.6 Å². The molecule has 2 aromatic carbocycles. The molecule has 0 amide bonds. The van der Waals surface area contributed by atoms with Crippen LogP contribution in [0, 0.1) is 6.92 Å². The largest absolute Gasteiger partial charge is 0.364 e. The maximum atomic E-state index is 11.9. The normalized spacial score (nSPS) is 11.2. The average molecular weight is 327 g/mol. The molecule has 0 bridgehead atoms. The number of nitrogens with one attached hydrogen (secondary N) is 1. The van der Waals surface area contributed by atoms with Crippen LogP contribution in [0.4, 0.5) is 0 Å². The molecule has 116 valence electrons. The Labute approximate surface area is 138 Å². The Morgan fingerprint density at radius 3 is 2.70 bits per heavy atom. The van der Waals surface area contributed by atoms with Crippen LogP contribution in [0.1, 0.15) is 22.5 Å². The molecule has 0 radical (unpaired) electrons. The van der Waals surface area contributed by atoms with Crippen molar-refractivity contribution in [2.24, 2.45) is 5.10 Å². The van der Waals surface area contributed by atoms with Gasteiger partial charge in [0.25, 0.3) is 0 Å². The van der Waals surface area contributed by atoms with E-state index in [2.05, 4.69) is 15.3 Å². The molecule has 0 saturated heterocycles. The summed E-state index contributed by atoms with van der Waals surface area (Å²) in [5, 5.41) is 11.3. The fraction of sp³-hybridized carbons (Fsp3) is 0.118. The van der Waals surface area contributed by atoms with E-state index in [0.29, 0.717) is 17.3 Å². The predicted molar refractivity (Wildman–Crippen MR) is 91.3 cm³/mol. The Balaban J connectivity index is 1.88. The highest BCUT2D eigenvalue weighted by molar-refractivity contribution is 6.31. The van der Waals surface area contributed by atoms with Gasteiger partial charge >= 0.3 is 5.69 Å². The van der Waals surface area contributed by atoms with Gasteiger partial charge in [0.15, 0.2) is 5.82 Å². The minimum atomic E-state index is -0.379. The molecule has 5 nitrogen and oxygen atoms in total. The second-order valence-electron chi connectivity index (χ2n) is 5.18.